The van der Waals surface area contributed by atoms with Crippen LogP contribution >= 0.6 is 0 Å². The zero-order chi connectivity index (χ0) is 14.3. The van der Waals surface area contributed by atoms with E-state index in [0.29, 0.717) is 11.4 Å². The van der Waals surface area contributed by atoms with Crippen LogP contribution in [0.15, 0.2) is 36.4 Å². The van der Waals surface area contributed by atoms with Gasteiger partial charge < -0.3 is 5.73 Å². The van der Waals surface area contributed by atoms with Crippen molar-refractivity contribution in [2.75, 3.05) is 5.73 Å². The highest BCUT2D eigenvalue weighted by Gasteiger charge is 2.13. The van der Waals surface area contributed by atoms with Gasteiger partial charge in [-0.25, -0.2) is 8.78 Å². The Balaban J connectivity index is 2.06. The lowest BCUT2D eigenvalue weighted by molar-refractivity contribution is 0.578. The molecule has 0 saturated carbocycles. The molecule has 102 valence electrons. The molecule has 2 aromatic carbocycles. The SMILES string of the molecule is CC(c1cc(F)cc(F)c1)c1ccc2[nH]nc(N)c2c1. The van der Waals surface area contributed by atoms with E-state index < -0.39 is 11.6 Å². The number of aromatic amines is 1. The number of halogens is 2. The van der Waals surface area contributed by atoms with Crippen LogP contribution in [0.25, 0.3) is 10.9 Å². The molecule has 0 aliphatic rings. The number of aromatic nitrogens is 2. The van der Waals surface area contributed by atoms with Gasteiger partial charge in [0.05, 0.1) is 5.52 Å². The van der Waals surface area contributed by atoms with Crippen molar-refractivity contribution in [3.05, 3.63) is 59.2 Å². The van der Waals surface area contributed by atoms with Gasteiger partial charge in [-0.3, -0.25) is 5.10 Å². The summed E-state index contributed by atoms with van der Waals surface area (Å²) >= 11 is 0. The largest absolute Gasteiger partial charge is 0.382 e. The van der Waals surface area contributed by atoms with Gasteiger partial charge in [-0.1, -0.05) is 13.0 Å². The molecule has 0 aliphatic carbocycles. The first-order chi connectivity index (χ1) is 9.54. The van der Waals surface area contributed by atoms with Gasteiger partial charge in [0.25, 0.3) is 0 Å². The number of anilines is 1. The molecule has 1 atom stereocenters. The molecule has 3 nitrogen and oxygen atoms in total. The third-order valence-corrected chi connectivity index (χ3v) is 3.50. The summed E-state index contributed by atoms with van der Waals surface area (Å²) in [4.78, 5) is 0. The highest BCUT2D eigenvalue weighted by molar-refractivity contribution is 5.89. The molecule has 3 N–H and O–H groups in total. The number of benzene rings is 2. The van der Waals surface area contributed by atoms with Gasteiger partial charge >= 0.3 is 0 Å². The molecule has 0 spiro atoms. The fourth-order valence-corrected chi connectivity index (χ4v) is 2.34. The van der Waals surface area contributed by atoms with Gasteiger partial charge in [0.2, 0.25) is 0 Å². The monoisotopic (exact) mass is 273 g/mol. The summed E-state index contributed by atoms with van der Waals surface area (Å²) in [5.74, 6) is -0.870. The molecule has 5 heteroatoms. The molecule has 1 unspecified atom stereocenters. The van der Waals surface area contributed by atoms with Gasteiger partial charge in [0.15, 0.2) is 5.82 Å². The maximum absolute atomic E-state index is 13.3. The normalized spacial score (nSPS) is 12.8. The van der Waals surface area contributed by atoms with Crippen LogP contribution in [-0.2, 0) is 0 Å². The Bertz CT molecular complexity index is 760. The van der Waals surface area contributed by atoms with E-state index >= 15 is 0 Å². The minimum absolute atomic E-state index is 0.140. The van der Waals surface area contributed by atoms with Crippen molar-refractivity contribution in [3.63, 3.8) is 0 Å². The maximum atomic E-state index is 13.3. The number of nitrogen functional groups attached to an aromatic ring is 1. The first-order valence-electron chi connectivity index (χ1n) is 6.24. The molecule has 20 heavy (non-hydrogen) atoms. The third-order valence-electron chi connectivity index (χ3n) is 3.50. The number of nitrogens with two attached hydrogens (primary N) is 1. The number of hydrogen-bond acceptors (Lipinski definition) is 2. The van der Waals surface area contributed by atoms with Crippen molar-refractivity contribution < 1.29 is 8.78 Å². The predicted octanol–water partition coefficient (Wildman–Crippen LogP) is 3.58. The minimum atomic E-state index is -0.573. The molecule has 0 fully saturated rings. The molecule has 0 amide bonds. The molecule has 0 bridgehead atoms. The number of rotatable bonds is 2. The summed E-state index contributed by atoms with van der Waals surface area (Å²) < 4.78 is 26.6. The molecular formula is C15H13F2N3. The number of nitrogens with one attached hydrogen (secondary N) is 1. The lowest BCUT2D eigenvalue weighted by Gasteiger charge is -2.13. The Morgan fingerprint density at radius 1 is 1.05 bits per heavy atom. The second-order valence-corrected chi connectivity index (χ2v) is 4.84. The average Bonchev–Trinajstić information content (AvgIpc) is 2.78. The van der Waals surface area contributed by atoms with E-state index in [1.165, 1.54) is 12.1 Å². The Morgan fingerprint density at radius 2 is 1.75 bits per heavy atom. The Hall–Kier alpha value is -2.43. The second-order valence-electron chi connectivity index (χ2n) is 4.84. The van der Waals surface area contributed by atoms with Crippen molar-refractivity contribution >= 4 is 16.7 Å². The number of fused-ring (bicyclic) bond motifs is 1. The lowest BCUT2D eigenvalue weighted by atomic mass is 9.92. The van der Waals surface area contributed by atoms with Crippen molar-refractivity contribution in [1.82, 2.24) is 10.2 Å². The Labute approximate surface area is 114 Å². The summed E-state index contributed by atoms with van der Waals surface area (Å²) in [5, 5.41) is 7.56. The predicted molar refractivity (Wildman–Crippen MR) is 74.4 cm³/mol. The van der Waals surface area contributed by atoms with E-state index in [9.17, 15) is 8.78 Å². The van der Waals surface area contributed by atoms with Crippen LogP contribution in [0.3, 0.4) is 0 Å². The van der Waals surface area contributed by atoms with Gasteiger partial charge in [-0.05, 0) is 35.4 Å². The highest BCUT2D eigenvalue weighted by Crippen LogP contribution is 2.29. The van der Waals surface area contributed by atoms with Gasteiger partial charge in [0.1, 0.15) is 11.6 Å². The first kappa shape index (κ1) is 12.6. The summed E-state index contributed by atoms with van der Waals surface area (Å²) in [6, 6.07) is 9.20. The van der Waals surface area contributed by atoms with E-state index in [1.807, 2.05) is 25.1 Å². The maximum Gasteiger partial charge on any atom is 0.153 e. The van der Waals surface area contributed by atoms with Crippen LogP contribution in [0.5, 0.6) is 0 Å². The molecule has 0 radical (unpaired) electrons. The summed E-state index contributed by atoms with van der Waals surface area (Å²) in [7, 11) is 0. The number of hydrogen-bond donors (Lipinski definition) is 2. The quantitative estimate of drug-likeness (QED) is 0.750. The molecule has 1 heterocycles. The van der Waals surface area contributed by atoms with Gasteiger partial charge in [-0.15, -0.1) is 0 Å². The molecule has 1 aromatic heterocycles. The highest BCUT2D eigenvalue weighted by atomic mass is 19.1. The fraction of sp³-hybridized carbons (Fsp3) is 0.133. The zero-order valence-electron chi connectivity index (χ0n) is 10.8. The first-order valence-corrected chi connectivity index (χ1v) is 6.24. The third kappa shape index (κ3) is 2.11. The average molecular weight is 273 g/mol. The zero-order valence-corrected chi connectivity index (χ0v) is 10.8. The van der Waals surface area contributed by atoms with Crippen LogP contribution in [0.1, 0.15) is 24.0 Å². The van der Waals surface area contributed by atoms with Crippen molar-refractivity contribution in [1.29, 1.82) is 0 Å². The van der Waals surface area contributed by atoms with Gasteiger partial charge in [-0.2, -0.15) is 5.10 Å². The van der Waals surface area contributed by atoms with Crippen molar-refractivity contribution in [2.45, 2.75) is 12.8 Å². The topological polar surface area (TPSA) is 54.7 Å². The molecular weight excluding hydrogens is 260 g/mol. The second kappa shape index (κ2) is 4.59. The molecule has 0 saturated heterocycles. The minimum Gasteiger partial charge on any atom is -0.382 e. The summed E-state index contributed by atoms with van der Waals surface area (Å²) in [5.41, 5.74) is 8.12. The lowest BCUT2D eigenvalue weighted by Crippen LogP contribution is -1.98. The van der Waals surface area contributed by atoms with Crippen LogP contribution < -0.4 is 5.73 Å². The van der Waals surface area contributed by atoms with Crippen LogP contribution in [0.2, 0.25) is 0 Å². The number of nitrogens with zero attached hydrogens (tertiary/aromatic N) is 1. The fourth-order valence-electron chi connectivity index (χ4n) is 2.34. The Kier molecular flexibility index (Phi) is 2.89. The van der Waals surface area contributed by atoms with Crippen molar-refractivity contribution in [2.24, 2.45) is 0 Å². The van der Waals surface area contributed by atoms with Gasteiger partial charge in [0, 0.05) is 17.4 Å². The Morgan fingerprint density at radius 3 is 2.45 bits per heavy atom. The van der Waals surface area contributed by atoms with Crippen LogP contribution in [0.4, 0.5) is 14.6 Å². The molecule has 0 aliphatic heterocycles. The van der Waals surface area contributed by atoms with E-state index in [-0.39, 0.29) is 5.92 Å². The van der Waals surface area contributed by atoms with E-state index in [1.54, 1.807) is 0 Å². The van der Waals surface area contributed by atoms with E-state index in [0.717, 1.165) is 22.5 Å². The van der Waals surface area contributed by atoms with Crippen LogP contribution in [0, 0.1) is 11.6 Å². The van der Waals surface area contributed by atoms with E-state index in [2.05, 4.69) is 10.2 Å². The van der Waals surface area contributed by atoms with Crippen LogP contribution in [-0.4, -0.2) is 10.2 Å². The molecule has 3 rings (SSSR count). The van der Waals surface area contributed by atoms with Crippen molar-refractivity contribution in [3.8, 4) is 0 Å². The smallest absolute Gasteiger partial charge is 0.153 e. The standard InChI is InChI=1S/C15H13F2N3/c1-8(10-4-11(16)7-12(17)5-10)9-2-3-14-13(6-9)15(18)20-19-14/h2-8H,1H3,(H3,18,19,20). The molecule has 3 aromatic rings. The number of H-pyrrole nitrogens is 1. The summed E-state index contributed by atoms with van der Waals surface area (Å²) in [6.07, 6.45) is 0. The summed E-state index contributed by atoms with van der Waals surface area (Å²) in [6.45, 7) is 1.89. The van der Waals surface area contributed by atoms with E-state index in [4.69, 9.17) is 5.73 Å².